The Morgan fingerprint density at radius 1 is 1.29 bits per heavy atom. The predicted octanol–water partition coefficient (Wildman–Crippen LogP) is 1.48. The van der Waals surface area contributed by atoms with E-state index in [-0.39, 0.29) is 0 Å². The van der Waals surface area contributed by atoms with Crippen LogP contribution in [0.25, 0.3) is 5.65 Å². The number of hydrogen-bond acceptors (Lipinski definition) is 5. The second kappa shape index (κ2) is 5.58. The number of nitrogens with zero attached hydrogens (tertiary/aromatic N) is 4. The Balaban J connectivity index is 1.63. The van der Waals surface area contributed by atoms with Crippen LogP contribution in [-0.4, -0.2) is 37.2 Å². The smallest absolute Gasteiger partial charge is 0.335 e. The van der Waals surface area contributed by atoms with Crippen LogP contribution in [0.15, 0.2) is 43.0 Å². The van der Waals surface area contributed by atoms with Crippen molar-refractivity contribution in [3.05, 3.63) is 54.1 Å². The quantitative estimate of drug-likeness (QED) is 0.736. The third-order valence-corrected chi connectivity index (χ3v) is 3.12. The minimum atomic E-state index is -0.914. The molecule has 106 valence electrons. The van der Waals surface area contributed by atoms with Crippen LogP contribution in [-0.2, 0) is 6.42 Å². The van der Waals surface area contributed by atoms with Crippen LogP contribution >= 0.6 is 0 Å². The van der Waals surface area contributed by atoms with E-state index in [4.69, 9.17) is 5.11 Å². The molecule has 0 atom stereocenters. The van der Waals surface area contributed by atoms with Crippen molar-refractivity contribution in [3.8, 4) is 0 Å². The van der Waals surface area contributed by atoms with Crippen LogP contribution in [0, 0.1) is 0 Å². The molecule has 7 heteroatoms. The number of aromatic nitrogens is 4. The largest absolute Gasteiger partial charge is 0.478 e. The lowest BCUT2D eigenvalue weighted by Gasteiger charge is -2.06. The second-order valence-electron chi connectivity index (χ2n) is 4.52. The number of carboxylic acids is 1. The normalized spacial score (nSPS) is 10.7. The first-order valence-electron chi connectivity index (χ1n) is 6.44. The van der Waals surface area contributed by atoms with E-state index >= 15 is 0 Å². The SMILES string of the molecule is O=C(O)c1ccc(CCNc2nccn3cnnc23)cc1. The Morgan fingerprint density at radius 2 is 2.10 bits per heavy atom. The highest BCUT2D eigenvalue weighted by atomic mass is 16.4. The van der Waals surface area contributed by atoms with Crippen LogP contribution in [0.4, 0.5) is 5.82 Å². The highest BCUT2D eigenvalue weighted by Crippen LogP contribution is 2.10. The number of nitrogens with one attached hydrogen (secondary N) is 1. The second-order valence-corrected chi connectivity index (χ2v) is 4.52. The van der Waals surface area contributed by atoms with Gasteiger partial charge in [0.2, 0.25) is 5.65 Å². The van der Waals surface area contributed by atoms with Crippen molar-refractivity contribution in [3.63, 3.8) is 0 Å². The molecule has 0 saturated carbocycles. The van der Waals surface area contributed by atoms with Gasteiger partial charge in [-0.25, -0.2) is 9.78 Å². The van der Waals surface area contributed by atoms with Gasteiger partial charge in [-0.05, 0) is 24.1 Å². The molecule has 0 bridgehead atoms. The highest BCUT2D eigenvalue weighted by molar-refractivity contribution is 5.87. The lowest BCUT2D eigenvalue weighted by Crippen LogP contribution is -2.08. The van der Waals surface area contributed by atoms with Gasteiger partial charge in [0.1, 0.15) is 6.33 Å². The van der Waals surface area contributed by atoms with E-state index in [2.05, 4.69) is 20.5 Å². The predicted molar refractivity (Wildman–Crippen MR) is 76.4 cm³/mol. The fourth-order valence-electron chi connectivity index (χ4n) is 2.02. The summed E-state index contributed by atoms with van der Waals surface area (Å²) < 4.78 is 1.79. The number of carbonyl (C=O) groups is 1. The Bertz CT molecular complexity index is 766. The van der Waals surface area contributed by atoms with Crippen molar-refractivity contribution in [2.75, 3.05) is 11.9 Å². The molecule has 0 aliphatic heterocycles. The maximum atomic E-state index is 10.8. The van der Waals surface area contributed by atoms with E-state index in [0.29, 0.717) is 23.6 Å². The third kappa shape index (κ3) is 2.81. The summed E-state index contributed by atoms with van der Waals surface area (Å²) >= 11 is 0. The zero-order chi connectivity index (χ0) is 14.7. The van der Waals surface area contributed by atoms with Gasteiger partial charge < -0.3 is 10.4 Å². The standard InChI is InChI=1S/C14H13N5O2/c20-14(21)11-3-1-10(2-4-11)5-6-15-12-13-18-17-9-19(13)8-7-16-12/h1-4,7-9H,5-6H2,(H,15,16)(H,20,21). The molecule has 7 nitrogen and oxygen atoms in total. The van der Waals surface area contributed by atoms with Crippen molar-refractivity contribution in [2.24, 2.45) is 0 Å². The van der Waals surface area contributed by atoms with Gasteiger partial charge in [0.05, 0.1) is 5.56 Å². The van der Waals surface area contributed by atoms with Gasteiger partial charge in [-0.15, -0.1) is 10.2 Å². The first kappa shape index (κ1) is 13.0. The van der Waals surface area contributed by atoms with Crippen molar-refractivity contribution in [1.82, 2.24) is 19.6 Å². The van der Waals surface area contributed by atoms with Crippen molar-refractivity contribution >= 4 is 17.4 Å². The summed E-state index contributed by atoms with van der Waals surface area (Å²) in [5.74, 6) is -0.237. The first-order valence-corrected chi connectivity index (χ1v) is 6.44. The number of benzene rings is 1. The van der Waals surface area contributed by atoms with Gasteiger partial charge in [0, 0.05) is 18.9 Å². The summed E-state index contributed by atoms with van der Waals surface area (Å²) in [5.41, 5.74) is 2.03. The maximum Gasteiger partial charge on any atom is 0.335 e. The molecule has 2 N–H and O–H groups in total. The van der Waals surface area contributed by atoms with Crippen molar-refractivity contribution in [1.29, 1.82) is 0 Å². The molecule has 0 spiro atoms. The van der Waals surface area contributed by atoms with Crippen molar-refractivity contribution < 1.29 is 9.90 Å². The van der Waals surface area contributed by atoms with E-state index in [0.717, 1.165) is 12.0 Å². The molecule has 2 heterocycles. The van der Waals surface area contributed by atoms with E-state index in [1.807, 2.05) is 12.1 Å². The number of fused-ring (bicyclic) bond motifs is 1. The monoisotopic (exact) mass is 283 g/mol. The number of rotatable bonds is 5. The molecule has 0 aliphatic rings. The average Bonchev–Trinajstić information content (AvgIpc) is 2.97. The van der Waals surface area contributed by atoms with E-state index in [1.165, 1.54) is 0 Å². The molecule has 0 amide bonds. The van der Waals surface area contributed by atoms with Crippen molar-refractivity contribution in [2.45, 2.75) is 6.42 Å². The van der Waals surface area contributed by atoms with Gasteiger partial charge in [0.25, 0.3) is 0 Å². The molecule has 0 saturated heterocycles. The number of anilines is 1. The van der Waals surface area contributed by atoms with Gasteiger partial charge in [-0.2, -0.15) is 0 Å². The molecule has 0 fully saturated rings. The Morgan fingerprint density at radius 3 is 2.86 bits per heavy atom. The summed E-state index contributed by atoms with van der Waals surface area (Å²) in [6.07, 6.45) is 5.84. The van der Waals surface area contributed by atoms with E-state index in [1.54, 1.807) is 35.3 Å². The van der Waals surface area contributed by atoms with Crippen LogP contribution < -0.4 is 5.32 Å². The first-order chi connectivity index (χ1) is 10.2. The van der Waals surface area contributed by atoms with Gasteiger partial charge in [0.15, 0.2) is 5.82 Å². The number of carboxylic acid groups (broad SMARTS) is 1. The molecule has 2 aromatic heterocycles. The highest BCUT2D eigenvalue weighted by Gasteiger charge is 2.04. The lowest BCUT2D eigenvalue weighted by atomic mass is 10.1. The summed E-state index contributed by atoms with van der Waals surface area (Å²) in [7, 11) is 0. The van der Waals surface area contributed by atoms with Gasteiger partial charge in [-0.3, -0.25) is 4.40 Å². The Kier molecular flexibility index (Phi) is 3.46. The summed E-state index contributed by atoms with van der Waals surface area (Å²) in [6, 6.07) is 6.84. The van der Waals surface area contributed by atoms with Crippen LogP contribution in [0.2, 0.25) is 0 Å². The minimum Gasteiger partial charge on any atom is -0.478 e. The Labute approximate surface area is 120 Å². The summed E-state index contributed by atoms with van der Waals surface area (Å²) in [5, 5.41) is 19.9. The fourth-order valence-corrected chi connectivity index (χ4v) is 2.02. The summed E-state index contributed by atoms with van der Waals surface area (Å²) in [4.78, 5) is 15.0. The minimum absolute atomic E-state index is 0.293. The molecular weight excluding hydrogens is 270 g/mol. The molecule has 3 rings (SSSR count). The van der Waals surface area contributed by atoms with Crippen LogP contribution in [0.1, 0.15) is 15.9 Å². The molecule has 0 radical (unpaired) electrons. The van der Waals surface area contributed by atoms with Gasteiger partial charge in [-0.1, -0.05) is 12.1 Å². The zero-order valence-electron chi connectivity index (χ0n) is 11.1. The molecule has 0 aliphatic carbocycles. The molecule has 3 aromatic rings. The average molecular weight is 283 g/mol. The third-order valence-electron chi connectivity index (χ3n) is 3.12. The molecular formula is C14H13N5O2. The van der Waals surface area contributed by atoms with E-state index in [9.17, 15) is 4.79 Å². The molecule has 0 unspecified atom stereocenters. The lowest BCUT2D eigenvalue weighted by molar-refractivity contribution is 0.0697. The van der Waals surface area contributed by atoms with Gasteiger partial charge >= 0.3 is 5.97 Å². The molecule has 21 heavy (non-hydrogen) atoms. The van der Waals surface area contributed by atoms with Crippen LogP contribution in [0.3, 0.4) is 0 Å². The van der Waals surface area contributed by atoms with Crippen LogP contribution in [0.5, 0.6) is 0 Å². The summed E-state index contributed by atoms with van der Waals surface area (Å²) in [6.45, 7) is 0.673. The Hall–Kier alpha value is -2.96. The topological polar surface area (TPSA) is 92.4 Å². The number of aromatic carboxylic acids is 1. The maximum absolute atomic E-state index is 10.8. The van der Waals surface area contributed by atoms with E-state index < -0.39 is 5.97 Å². The number of hydrogen-bond donors (Lipinski definition) is 2. The fraction of sp³-hybridized carbons (Fsp3) is 0.143. The molecule has 1 aromatic carbocycles. The zero-order valence-corrected chi connectivity index (χ0v) is 11.1.